The third-order valence-electron chi connectivity index (χ3n) is 0.794. The molecule has 1 amide bonds. The molecule has 3 nitrogen and oxygen atoms in total. The highest BCUT2D eigenvalue weighted by Crippen LogP contribution is 1.84. The van der Waals surface area contributed by atoms with E-state index in [1.807, 2.05) is 0 Å². The Labute approximate surface area is 68.3 Å². The molecule has 0 atom stereocenters. The zero-order valence-corrected chi connectivity index (χ0v) is 7.56. The SMILES string of the molecule is CC(C)NC(=O)C(=O)CBr. The summed E-state index contributed by atoms with van der Waals surface area (Å²) >= 11 is 2.89. The number of hydrogen-bond acceptors (Lipinski definition) is 2. The summed E-state index contributed by atoms with van der Waals surface area (Å²) in [5.74, 6) is -0.958. The van der Waals surface area contributed by atoms with Crippen LogP contribution in [0.4, 0.5) is 0 Å². The lowest BCUT2D eigenvalue weighted by atomic mass is 10.3. The minimum Gasteiger partial charge on any atom is -0.347 e. The van der Waals surface area contributed by atoms with E-state index in [1.54, 1.807) is 13.8 Å². The summed E-state index contributed by atoms with van der Waals surface area (Å²) in [6.07, 6.45) is 0. The fourth-order valence-corrected chi connectivity index (χ4v) is 0.658. The van der Waals surface area contributed by atoms with Crippen LogP contribution in [0.3, 0.4) is 0 Å². The van der Waals surface area contributed by atoms with Gasteiger partial charge in [0, 0.05) is 6.04 Å². The van der Waals surface area contributed by atoms with E-state index in [-0.39, 0.29) is 11.4 Å². The Morgan fingerprint density at radius 1 is 1.50 bits per heavy atom. The fourth-order valence-electron chi connectivity index (χ4n) is 0.403. The van der Waals surface area contributed by atoms with Gasteiger partial charge in [0.2, 0.25) is 5.78 Å². The zero-order chi connectivity index (χ0) is 8.15. The largest absolute Gasteiger partial charge is 0.347 e. The molecule has 0 unspecified atom stereocenters. The van der Waals surface area contributed by atoms with E-state index < -0.39 is 11.7 Å². The monoisotopic (exact) mass is 207 g/mol. The molecule has 0 spiro atoms. The molecule has 58 valence electrons. The average Bonchev–Trinajstić information content (AvgIpc) is 1.85. The number of amides is 1. The molecule has 0 aliphatic carbocycles. The van der Waals surface area contributed by atoms with E-state index in [0.717, 1.165) is 0 Å². The second kappa shape index (κ2) is 4.44. The molecule has 0 heterocycles. The van der Waals surface area contributed by atoms with Crippen molar-refractivity contribution in [2.24, 2.45) is 0 Å². The number of alkyl halides is 1. The van der Waals surface area contributed by atoms with Gasteiger partial charge in [-0.25, -0.2) is 0 Å². The number of carbonyl (C=O) groups is 2. The van der Waals surface area contributed by atoms with Crippen LogP contribution in [-0.2, 0) is 9.59 Å². The van der Waals surface area contributed by atoms with Gasteiger partial charge < -0.3 is 5.32 Å². The van der Waals surface area contributed by atoms with Crippen LogP contribution >= 0.6 is 15.9 Å². The smallest absolute Gasteiger partial charge is 0.288 e. The van der Waals surface area contributed by atoms with Crippen LogP contribution in [0.2, 0.25) is 0 Å². The molecular weight excluding hydrogens is 198 g/mol. The maximum absolute atomic E-state index is 10.7. The van der Waals surface area contributed by atoms with Gasteiger partial charge in [-0.3, -0.25) is 9.59 Å². The molecular formula is C6H10BrNO2. The van der Waals surface area contributed by atoms with Crippen LogP contribution in [0, 0.1) is 0 Å². The van der Waals surface area contributed by atoms with Crippen LogP contribution in [-0.4, -0.2) is 23.1 Å². The summed E-state index contributed by atoms with van der Waals surface area (Å²) < 4.78 is 0. The molecule has 0 rings (SSSR count). The topological polar surface area (TPSA) is 46.2 Å². The van der Waals surface area contributed by atoms with Crippen molar-refractivity contribution in [3.8, 4) is 0 Å². The maximum atomic E-state index is 10.7. The van der Waals surface area contributed by atoms with E-state index in [2.05, 4.69) is 21.2 Å². The summed E-state index contributed by atoms with van der Waals surface area (Å²) in [7, 11) is 0. The molecule has 0 saturated heterocycles. The Bertz CT molecular complexity index is 145. The Hall–Kier alpha value is -0.380. The van der Waals surface area contributed by atoms with Crippen molar-refractivity contribution in [1.82, 2.24) is 5.32 Å². The summed E-state index contributed by atoms with van der Waals surface area (Å²) in [6.45, 7) is 3.61. The average molecular weight is 208 g/mol. The molecule has 0 bridgehead atoms. The Morgan fingerprint density at radius 3 is 2.30 bits per heavy atom. The van der Waals surface area contributed by atoms with Crippen molar-refractivity contribution < 1.29 is 9.59 Å². The molecule has 0 aromatic rings. The summed E-state index contributed by atoms with van der Waals surface area (Å²) in [5, 5.41) is 2.56. The Morgan fingerprint density at radius 2 is 2.00 bits per heavy atom. The molecule has 4 heteroatoms. The number of rotatable bonds is 3. The van der Waals surface area contributed by atoms with Crippen LogP contribution in [0.15, 0.2) is 0 Å². The first kappa shape index (κ1) is 9.62. The summed E-state index contributed by atoms with van der Waals surface area (Å²) in [6, 6.07) is 0.0236. The van der Waals surface area contributed by atoms with Crippen molar-refractivity contribution in [1.29, 1.82) is 0 Å². The van der Waals surface area contributed by atoms with Gasteiger partial charge in [0.1, 0.15) is 0 Å². The number of ketones is 1. The maximum Gasteiger partial charge on any atom is 0.288 e. The van der Waals surface area contributed by atoms with Crippen LogP contribution in [0.25, 0.3) is 0 Å². The molecule has 1 N–H and O–H groups in total. The first-order valence-electron chi connectivity index (χ1n) is 2.97. The van der Waals surface area contributed by atoms with E-state index in [9.17, 15) is 9.59 Å². The van der Waals surface area contributed by atoms with Crippen LogP contribution < -0.4 is 5.32 Å². The van der Waals surface area contributed by atoms with Crippen LogP contribution in [0.1, 0.15) is 13.8 Å². The van der Waals surface area contributed by atoms with Gasteiger partial charge >= 0.3 is 0 Å². The highest BCUT2D eigenvalue weighted by atomic mass is 79.9. The molecule has 0 aromatic heterocycles. The molecule has 0 aromatic carbocycles. The minimum absolute atomic E-state index is 0.0236. The number of carbonyl (C=O) groups excluding carboxylic acids is 2. The summed E-state index contributed by atoms with van der Waals surface area (Å²) in [4.78, 5) is 21.3. The fraction of sp³-hybridized carbons (Fsp3) is 0.667. The standard InChI is InChI=1S/C6H10BrNO2/c1-4(2)8-6(10)5(9)3-7/h4H,3H2,1-2H3,(H,8,10). The number of hydrogen-bond donors (Lipinski definition) is 1. The normalized spacial score (nSPS) is 9.60. The lowest BCUT2D eigenvalue weighted by Gasteiger charge is -2.04. The third kappa shape index (κ3) is 3.61. The van der Waals surface area contributed by atoms with Gasteiger partial charge in [0.25, 0.3) is 5.91 Å². The van der Waals surface area contributed by atoms with E-state index >= 15 is 0 Å². The predicted molar refractivity (Wildman–Crippen MR) is 42.1 cm³/mol. The van der Waals surface area contributed by atoms with Gasteiger partial charge in [-0.1, -0.05) is 15.9 Å². The number of halogens is 1. The summed E-state index contributed by atoms with van der Waals surface area (Å²) in [5.41, 5.74) is 0. The lowest BCUT2D eigenvalue weighted by Crippen LogP contribution is -2.36. The molecule has 10 heavy (non-hydrogen) atoms. The van der Waals surface area contributed by atoms with Crippen molar-refractivity contribution in [2.45, 2.75) is 19.9 Å². The van der Waals surface area contributed by atoms with Crippen LogP contribution in [0.5, 0.6) is 0 Å². The predicted octanol–water partition coefficient (Wildman–Crippen LogP) is 0.475. The third-order valence-corrected chi connectivity index (χ3v) is 1.30. The highest BCUT2D eigenvalue weighted by molar-refractivity contribution is 9.09. The first-order chi connectivity index (χ1) is 4.57. The van der Waals surface area contributed by atoms with Crippen molar-refractivity contribution in [3.63, 3.8) is 0 Å². The second-order valence-electron chi connectivity index (χ2n) is 2.18. The van der Waals surface area contributed by atoms with Crippen molar-refractivity contribution in [2.75, 3.05) is 5.33 Å². The van der Waals surface area contributed by atoms with Gasteiger partial charge in [-0.15, -0.1) is 0 Å². The van der Waals surface area contributed by atoms with Crippen molar-refractivity contribution >= 4 is 27.6 Å². The van der Waals surface area contributed by atoms with Gasteiger partial charge in [-0.2, -0.15) is 0 Å². The molecule has 0 aliphatic rings. The number of nitrogens with one attached hydrogen (secondary N) is 1. The van der Waals surface area contributed by atoms with E-state index in [1.165, 1.54) is 0 Å². The molecule has 0 fully saturated rings. The lowest BCUT2D eigenvalue weighted by molar-refractivity contribution is -0.136. The van der Waals surface area contributed by atoms with Crippen molar-refractivity contribution in [3.05, 3.63) is 0 Å². The van der Waals surface area contributed by atoms with E-state index in [4.69, 9.17) is 0 Å². The first-order valence-corrected chi connectivity index (χ1v) is 4.09. The quantitative estimate of drug-likeness (QED) is 0.541. The highest BCUT2D eigenvalue weighted by Gasteiger charge is 2.11. The Kier molecular flexibility index (Phi) is 4.27. The minimum atomic E-state index is -0.521. The van der Waals surface area contributed by atoms with E-state index in [0.29, 0.717) is 0 Å². The van der Waals surface area contributed by atoms with Gasteiger partial charge in [0.15, 0.2) is 0 Å². The second-order valence-corrected chi connectivity index (χ2v) is 2.75. The van der Waals surface area contributed by atoms with Gasteiger partial charge in [0.05, 0.1) is 5.33 Å². The zero-order valence-electron chi connectivity index (χ0n) is 5.98. The number of Topliss-reactive ketones (excluding diaryl/α,β-unsaturated/α-hetero) is 1. The molecule has 0 radical (unpaired) electrons. The Balaban J connectivity index is 3.74. The van der Waals surface area contributed by atoms with Gasteiger partial charge in [-0.05, 0) is 13.8 Å². The molecule has 0 saturated carbocycles. The molecule has 0 aliphatic heterocycles.